The lowest BCUT2D eigenvalue weighted by atomic mass is 10.0. The largest absolute Gasteiger partial charge is 0.373 e. The number of ether oxygens (including phenoxy) is 1. The molecule has 2 atom stereocenters. The third-order valence-electron chi connectivity index (χ3n) is 3.69. The molecule has 0 aromatic heterocycles. The van der Waals surface area contributed by atoms with Gasteiger partial charge in [0.1, 0.15) is 0 Å². The van der Waals surface area contributed by atoms with Gasteiger partial charge in [0.25, 0.3) is 0 Å². The minimum atomic E-state index is 0.595. The predicted octanol–water partition coefficient (Wildman–Crippen LogP) is 6.10. The SMILES string of the molecule is C=CC(C)CCC=C(C)COCC(C)=CCCC(C)C=C. The van der Waals surface area contributed by atoms with E-state index in [1.165, 1.54) is 24.0 Å². The van der Waals surface area contributed by atoms with Crippen LogP contribution in [0.1, 0.15) is 53.4 Å². The zero-order chi connectivity index (χ0) is 16.1. The Balaban J connectivity index is 3.80. The lowest BCUT2D eigenvalue weighted by Crippen LogP contribution is -2.00. The Labute approximate surface area is 132 Å². The van der Waals surface area contributed by atoms with E-state index in [4.69, 9.17) is 4.74 Å². The molecule has 2 unspecified atom stereocenters. The van der Waals surface area contributed by atoms with Crippen molar-refractivity contribution in [3.8, 4) is 0 Å². The molecule has 1 nitrogen and oxygen atoms in total. The Hall–Kier alpha value is -1.08. The van der Waals surface area contributed by atoms with Crippen molar-refractivity contribution in [2.24, 2.45) is 11.8 Å². The molecule has 0 heterocycles. The van der Waals surface area contributed by atoms with Crippen LogP contribution in [-0.2, 0) is 4.74 Å². The smallest absolute Gasteiger partial charge is 0.0678 e. The molecular weight excluding hydrogens is 256 g/mol. The highest BCUT2D eigenvalue weighted by Crippen LogP contribution is 2.10. The fraction of sp³-hybridized carbons (Fsp3) is 0.600. The average Bonchev–Trinajstić information content (AvgIpc) is 2.46. The van der Waals surface area contributed by atoms with Crippen molar-refractivity contribution in [3.05, 3.63) is 48.6 Å². The van der Waals surface area contributed by atoms with Gasteiger partial charge in [-0.25, -0.2) is 0 Å². The number of hydrogen-bond donors (Lipinski definition) is 0. The summed E-state index contributed by atoms with van der Waals surface area (Å²) in [4.78, 5) is 0. The van der Waals surface area contributed by atoms with Crippen molar-refractivity contribution in [1.82, 2.24) is 0 Å². The van der Waals surface area contributed by atoms with E-state index < -0.39 is 0 Å². The molecule has 0 saturated carbocycles. The Bertz CT molecular complexity index is 315. The van der Waals surface area contributed by atoms with E-state index in [0.29, 0.717) is 11.8 Å². The molecule has 0 aliphatic heterocycles. The van der Waals surface area contributed by atoms with Gasteiger partial charge in [0.05, 0.1) is 13.2 Å². The summed E-state index contributed by atoms with van der Waals surface area (Å²) in [5.41, 5.74) is 2.64. The molecule has 0 fully saturated rings. The fourth-order valence-electron chi connectivity index (χ4n) is 1.91. The summed E-state index contributed by atoms with van der Waals surface area (Å²) in [6.07, 6.45) is 13.1. The van der Waals surface area contributed by atoms with Crippen LogP contribution in [0.3, 0.4) is 0 Å². The van der Waals surface area contributed by atoms with Crippen LogP contribution in [-0.4, -0.2) is 13.2 Å². The van der Waals surface area contributed by atoms with Crippen molar-refractivity contribution in [3.63, 3.8) is 0 Å². The maximum absolute atomic E-state index is 5.75. The maximum Gasteiger partial charge on any atom is 0.0678 e. The second kappa shape index (κ2) is 12.6. The van der Waals surface area contributed by atoms with Gasteiger partial charge >= 0.3 is 0 Å². The van der Waals surface area contributed by atoms with E-state index in [1.54, 1.807) is 0 Å². The highest BCUT2D eigenvalue weighted by Gasteiger charge is 1.97. The quantitative estimate of drug-likeness (QED) is 0.395. The molecule has 0 N–H and O–H groups in total. The van der Waals surface area contributed by atoms with E-state index in [2.05, 4.69) is 53.0 Å². The molecule has 0 aromatic rings. The molecule has 0 aliphatic carbocycles. The van der Waals surface area contributed by atoms with Crippen molar-refractivity contribution >= 4 is 0 Å². The van der Waals surface area contributed by atoms with Gasteiger partial charge < -0.3 is 4.74 Å². The molecule has 0 radical (unpaired) electrons. The number of rotatable bonds is 12. The topological polar surface area (TPSA) is 9.23 Å². The molecule has 0 spiro atoms. The van der Waals surface area contributed by atoms with Gasteiger partial charge in [-0.05, 0) is 51.4 Å². The molecule has 120 valence electrons. The second-order valence-corrected chi connectivity index (χ2v) is 6.17. The van der Waals surface area contributed by atoms with E-state index in [9.17, 15) is 0 Å². The summed E-state index contributed by atoms with van der Waals surface area (Å²) in [6.45, 7) is 17.8. The van der Waals surface area contributed by atoms with Crippen molar-refractivity contribution < 1.29 is 4.74 Å². The van der Waals surface area contributed by atoms with Crippen LogP contribution in [0.4, 0.5) is 0 Å². The Morgan fingerprint density at radius 2 is 1.24 bits per heavy atom. The third-order valence-corrected chi connectivity index (χ3v) is 3.69. The van der Waals surface area contributed by atoms with Crippen molar-refractivity contribution in [1.29, 1.82) is 0 Å². The summed E-state index contributed by atoms with van der Waals surface area (Å²) in [5, 5.41) is 0. The van der Waals surface area contributed by atoms with Gasteiger partial charge in [0, 0.05) is 0 Å². The molecule has 0 amide bonds. The molecule has 0 saturated heterocycles. The van der Waals surface area contributed by atoms with Crippen molar-refractivity contribution in [2.45, 2.75) is 53.4 Å². The molecule has 0 rings (SSSR count). The zero-order valence-electron chi connectivity index (χ0n) is 14.5. The molecule has 0 aromatic carbocycles. The average molecular weight is 290 g/mol. The van der Waals surface area contributed by atoms with E-state index in [1.807, 2.05) is 12.2 Å². The number of allylic oxidation sites excluding steroid dienone is 4. The molecule has 1 heteroatoms. The van der Waals surface area contributed by atoms with Crippen LogP contribution in [0.5, 0.6) is 0 Å². The molecular formula is C20H34O. The number of hydrogen-bond acceptors (Lipinski definition) is 1. The van der Waals surface area contributed by atoms with Gasteiger partial charge in [0.2, 0.25) is 0 Å². The lowest BCUT2D eigenvalue weighted by molar-refractivity contribution is 0.179. The van der Waals surface area contributed by atoms with E-state index in [-0.39, 0.29) is 0 Å². The summed E-state index contributed by atoms with van der Waals surface area (Å²) in [5.74, 6) is 1.19. The Kier molecular flexibility index (Phi) is 12.0. The minimum absolute atomic E-state index is 0.595. The van der Waals surface area contributed by atoms with Crippen LogP contribution >= 0.6 is 0 Å². The Morgan fingerprint density at radius 3 is 1.57 bits per heavy atom. The summed E-state index contributed by atoms with van der Waals surface area (Å²) >= 11 is 0. The van der Waals surface area contributed by atoms with Crippen LogP contribution in [0, 0.1) is 11.8 Å². The molecule has 0 bridgehead atoms. The lowest BCUT2D eigenvalue weighted by Gasteiger charge is -2.07. The first-order chi connectivity index (χ1) is 9.99. The van der Waals surface area contributed by atoms with Crippen LogP contribution < -0.4 is 0 Å². The third kappa shape index (κ3) is 12.4. The second-order valence-electron chi connectivity index (χ2n) is 6.17. The van der Waals surface area contributed by atoms with Gasteiger partial charge in [-0.3, -0.25) is 0 Å². The van der Waals surface area contributed by atoms with Gasteiger partial charge in [0.15, 0.2) is 0 Å². The summed E-state index contributed by atoms with van der Waals surface area (Å²) in [7, 11) is 0. The highest BCUT2D eigenvalue weighted by atomic mass is 16.5. The first-order valence-corrected chi connectivity index (χ1v) is 8.13. The fourth-order valence-corrected chi connectivity index (χ4v) is 1.91. The van der Waals surface area contributed by atoms with E-state index in [0.717, 1.165) is 26.1 Å². The highest BCUT2D eigenvalue weighted by molar-refractivity contribution is 5.01. The van der Waals surface area contributed by atoms with Crippen molar-refractivity contribution in [2.75, 3.05) is 13.2 Å². The van der Waals surface area contributed by atoms with Gasteiger partial charge in [-0.1, -0.05) is 49.3 Å². The van der Waals surface area contributed by atoms with Crippen LogP contribution in [0.2, 0.25) is 0 Å². The summed E-state index contributed by atoms with van der Waals surface area (Å²) < 4.78 is 5.75. The standard InChI is InChI=1S/C20H34O/c1-7-17(3)11-9-13-19(5)15-21-16-20(6)14-10-12-18(4)8-2/h7-8,13-14,17-18H,1-2,9-12,15-16H2,3-6H3. The molecule has 0 aliphatic rings. The van der Waals surface area contributed by atoms with Crippen LogP contribution in [0.25, 0.3) is 0 Å². The predicted molar refractivity (Wildman–Crippen MR) is 95.5 cm³/mol. The first-order valence-electron chi connectivity index (χ1n) is 8.13. The monoisotopic (exact) mass is 290 g/mol. The maximum atomic E-state index is 5.75. The molecule has 21 heavy (non-hydrogen) atoms. The van der Waals surface area contributed by atoms with Gasteiger partial charge in [-0.15, -0.1) is 13.2 Å². The summed E-state index contributed by atoms with van der Waals surface area (Å²) in [6, 6.07) is 0. The Morgan fingerprint density at radius 1 is 0.857 bits per heavy atom. The van der Waals surface area contributed by atoms with E-state index >= 15 is 0 Å². The van der Waals surface area contributed by atoms with Crippen LogP contribution in [0.15, 0.2) is 48.6 Å². The van der Waals surface area contributed by atoms with Gasteiger partial charge in [-0.2, -0.15) is 0 Å². The first kappa shape index (κ1) is 19.9. The minimum Gasteiger partial charge on any atom is -0.373 e. The zero-order valence-corrected chi connectivity index (χ0v) is 14.5. The normalized spacial score (nSPS) is 15.6.